The lowest BCUT2D eigenvalue weighted by Gasteiger charge is -2.24. The summed E-state index contributed by atoms with van der Waals surface area (Å²) in [5, 5.41) is 4.35. The molecule has 1 N–H and O–H groups in total. The van der Waals surface area contributed by atoms with Crippen molar-refractivity contribution < 1.29 is 0 Å². The fraction of sp³-hybridized carbons (Fsp3) is 0.538. The number of hydrogen-bond donors (Lipinski definition) is 1. The Balaban J connectivity index is 2.89. The van der Waals surface area contributed by atoms with Crippen LogP contribution in [-0.4, -0.2) is 12.6 Å². The van der Waals surface area contributed by atoms with Gasteiger partial charge in [0.05, 0.1) is 0 Å². The van der Waals surface area contributed by atoms with Crippen molar-refractivity contribution in [2.24, 2.45) is 0 Å². The van der Waals surface area contributed by atoms with Crippen LogP contribution in [0.1, 0.15) is 38.7 Å². The molecule has 1 nitrogen and oxygen atoms in total. The molecule has 0 saturated carbocycles. The fourth-order valence-electron chi connectivity index (χ4n) is 2.02. The van der Waals surface area contributed by atoms with Crippen molar-refractivity contribution in [3.63, 3.8) is 0 Å². The Kier molecular flexibility index (Phi) is 5.81. The lowest BCUT2D eigenvalue weighted by Crippen LogP contribution is -2.33. The third-order valence-electron chi connectivity index (χ3n) is 2.96. The van der Waals surface area contributed by atoms with Crippen LogP contribution in [0.4, 0.5) is 0 Å². The van der Waals surface area contributed by atoms with E-state index in [9.17, 15) is 0 Å². The van der Waals surface area contributed by atoms with Gasteiger partial charge in [-0.05, 0) is 36.6 Å². The normalized spacial score (nSPS) is 14.8. The summed E-state index contributed by atoms with van der Waals surface area (Å²) in [4.78, 5) is 0. The van der Waals surface area contributed by atoms with E-state index in [1.165, 1.54) is 5.56 Å². The number of likely N-dealkylation sites (N-methyl/N-ethyl adjacent to an activating group) is 1. The van der Waals surface area contributed by atoms with Crippen LogP contribution >= 0.6 is 27.5 Å². The Hall–Kier alpha value is -0.0500. The van der Waals surface area contributed by atoms with Gasteiger partial charge in [0.15, 0.2) is 0 Å². The molecule has 0 aliphatic carbocycles. The number of hydrogen-bond acceptors (Lipinski definition) is 1. The summed E-state index contributed by atoms with van der Waals surface area (Å²) >= 11 is 9.70. The molecule has 90 valence electrons. The second-order valence-corrected chi connectivity index (χ2v) is 5.35. The van der Waals surface area contributed by atoms with Crippen LogP contribution in [0.15, 0.2) is 22.7 Å². The van der Waals surface area contributed by atoms with Gasteiger partial charge in [-0.2, -0.15) is 0 Å². The molecular formula is C13H19BrClN. The van der Waals surface area contributed by atoms with Crippen LogP contribution in [-0.2, 0) is 0 Å². The van der Waals surface area contributed by atoms with E-state index in [-0.39, 0.29) is 0 Å². The van der Waals surface area contributed by atoms with Crippen molar-refractivity contribution in [1.82, 2.24) is 5.32 Å². The molecule has 2 unspecified atom stereocenters. The first kappa shape index (κ1) is 14.0. The molecule has 0 heterocycles. The minimum Gasteiger partial charge on any atom is -0.314 e. The van der Waals surface area contributed by atoms with Crippen LogP contribution in [0, 0.1) is 0 Å². The van der Waals surface area contributed by atoms with E-state index >= 15 is 0 Å². The molecule has 1 aromatic carbocycles. The van der Waals surface area contributed by atoms with E-state index in [2.05, 4.69) is 54.2 Å². The largest absolute Gasteiger partial charge is 0.314 e. The Labute approximate surface area is 112 Å². The van der Waals surface area contributed by atoms with Gasteiger partial charge >= 0.3 is 0 Å². The first-order valence-corrected chi connectivity index (χ1v) is 6.95. The van der Waals surface area contributed by atoms with E-state index in [4.69, 9.17) is 11.6 Å². The molecule has 2 atom stereocenters. The minimum absolute atomic E-state index is 0.436. The molecular weight excluding hydrogens is 286 g/mol. The maximum Gasteiger partial charge on any atom is 0.0452 e. The molecule has 0 aromatic heterocycles. The predicted octanol–water partition coefficient (Wildman–Crippen LogP) is 4.59. The lowest BCUT2D eigenvalue weighted by atomic mass is 9.91. The summed E-state index contributed by atoms with van der Waals surface area (Å²) < 4.78 is 1.03. The van der Waals surface area contributed by atoms with Crippen LogP contribution in [0.2, 0.25) is 5.02 Å². The Morgan fingerprint density at radius 2 is 2.06 bits per heavy atom. The Morgan fingerprint density at radius 3 is 2.56 bits per heavy atom. The average molecular weight is 305 g/mol. The summed E-state index contributed by atoms with van der Waals surface area (Å²) in [5.41, 5.74) is 1.22. The highest BCUT2D eigenvalue weighted by Gasteiger charge is 2.18. The van der Waals surface area contributed by atoms with E-state index < -0.39 is 0 Å². The highest BCUT2D eigenvalue weighted by atomic mass is 79.9. The molecule has 1 rings (SSSR count). The van der Waals surface area contributed by atoms with Crippen molar-refractivity contribution in [2.75, 3.05) is 6.54 Å². The van der Waals surface area contributed by atoms with Gasteiger partial charge in [-0.3, -0.25) is 0 Å². The second kappa shape index (κ2) is 6.63. The summed E-state index contributed by atoms with van der Waals surface area (Å²) in [6, 6.07) is 6.61. The number of benzene rings is 1. The smallest absolute Gasteiger partial charge is 0.0452 e. The van der Waals surface area contributed by atoms with Crippen molar-refractivity contribution in [3.05, 3.63) is 33.3 Å². The molecule has 3 heteroatoms. The number of rotatable bonds is 5. The van der Waals surface area contributed by atoms with Gasteiger partial charge < -0.3 is 5.32 Å². The fourth-order valence-corrected chi connectivity index (χ4v) is 2.87. The molecule has 0 saturated heterocycles. The van der Waals surface area contributed by atoms with Gasteiger partial charge in [-0.25, -0.2) is 0 Å². The van der Waals surface area contributed by atoms with Crippen molar-refractivity contribution in [2.45, 2.75) is 39.2 Å². The second-order valence-electron chi connectivity index (χ2n) is 4.03. The highest BCUT2D eigenvalue weighted by Crippen LogP contribution is 2.30. The van der Waals surface area contributed by atoms with Gasteiger partial charge in [0, 0.05) is 15.5 Å². The van der Waals surface area contributed by atoms with Crippen molar-refractivity contribution >= 4 is 27.5 Å². The van der Waals surface area contributed by atoms with E-state index in [0.29, 0.717) is 12.0 Å². The summed E-state index contributed by atoms with van der Waals surface area (Å²) in [6.45, 7) is 7.57. The van der Waals surface area contributed by atoms with Gasteiger partial charge in [0.1, 0.15) is 0 Å². The highest BCUT2D eigenvalue weighted by molar-refractivity contribution is 9.10. The minimum atomic E-state index is 0.436. The van der Waals surface area contributed by atoms with Crippen LogP contribution in [0.5, 0.6) is 0 Å². The molecule has 1 aromatic rings. The third-order valence-corrected chi connectivity index (χ3v) is 3.78. The monoisotopic (exact) mass is 303 g/mol. The van der Waals surface area contributed by atoms with Crippen molar-refractivity contribution in [1.29, 1.82) is 0 Å². The summed E-state index contributed by atoms with van der Waals surface area (Å²) in [5.74, 6) is 0.436. The molecule has 0 bridgehead atoms. The van der Waals surface area contributed by atoms with Gasteiger partial charge in [0.2, 0.25) is 0 Å². The van der Waals surface area contributed by atoms with Gasteiger partial charge in [-0.15, -0.1) is 0 Å². The lowest BCUT2D eigenvalue weighted by molar-refractivity contribution is 0.449. The predicted molar refractivity (Wildman–Crippen MR) is 75.3 cm³/mol. The molecule has 0 amide bonds. The average Bonchev–Trinajstić information content (AvgIpc) is 2.25. The number of halogens is 2. The molecule has 0 aliphatic rings. The zero-order valence-corrected chi connectivity index (χ0v) is 12.4. The zero-order chi connectivity index (χ0) is 12.1. The zero-order valence-electron chi connectivity index (χ0n) is 10.1. The SMILES string of the molecule is CCNC(CC)C(C)c1ccc(Br)cc1Cl. The molecule has 0 spiro atoms. The summed E-state index contributed by atoms with van der Waals surface area (Å²) in [6.07, 6.45) is 1.11. The quantitative estimate of drug-likeness (QED) is 0.838. The van der Waals surface area contributed by atoms with Crippen LogP contribution in [0.25, 0.3) is 0 Å². The first-order valence-electron chi connectivity index (χ1n) is 5.78. The Morgan fingerprint density at radius 1 is 1.38 bits per heavy atom. The molecule has 16 heavy (non-hydrogen) atoms. The Bertz CT molecular complexity index is 341. The van der Waals surface area contributed by atoms with E-state index in [1.54, 1.807) is 0 Å². The topological polar surface area (TPSA) is 12.0 Å². The van der Waals surface area contributed by atoms with Crippen molar-refractivity contribution in [3.8, 4) is 0 Å². The maximum atomic E-state index is 6.27. The van der Waals surface area contributed by atoms with Crippen LogP contribution < -0.4 is 5.32 Å². The molecule has 0 fully saturated rings. The van der Waals surface area contributed by atoms with Gasteiger partial charge in [-0.1, -0.05) is 54.4 Å². The van der Waals surface area contributed by atoms with Crippen LogP contribution in [0.3, 0.4) is 0 Å². The maximum absolute atomic E-state index is 6.27. The molecule has 0 radical (unpaired) electrons. The first-order chi connectivity index (χ1) is 7.60. The third kappa shape index (κ3) is 3.47. The van der Waals surface area contributed by atoms with E-state index in [1.807, 2.05) is 6.07 Å². The number of nitrogens with one attached hydrogen (secondary N) is 1. The standard InChI is InChI=1S/C13H19BrClN/c1-4-13(16-5-2)9(3)11-7-6-10(14)8-12(11)15/h6-9,13,16H,4-5H2,1-3H3. The van der Waals surface area contributed by atoms with Gasteiger partial charge in [0.25, 0.3) is 0 Å². The molecule has 0 aliphatic heterocycles. The van der Waals surface area contributed by atoms with E-state index in [0.717, 1.165) is 22.5 Å². The summed E-state index contributed by atoms with van der Waals surface area (Å²) in [7, 11) is 0.